The number of halogens is 1. The molecule has 1 aromatic carbocycles. The summed E-state index contributed by atoms with van der Waals surface area (Å²) in [4.78, 5) is 11.8. The molecule has 1 atom stereocenters. The van der Waals surface area contributed by atoms with Gasteiger partial charge in [0.1, 0.15) is 5.75 Å². The van der Waals surface area contributed by atoms with E-state index >= 15 is 0 Å². The van der Waals surface area contributed by atoms with Crippen LogP contribution in [0.5, 0.6) is 5.75 Å². The van der Waals surface area contributed by atoms with Gasteiger partial charge in [-0.05, 0) is 31.5 Å². The number of carbonyl (C=O) groups is 1. The molecule has 1 unspecified atom stereocenters. The van der Waals surface area contributed by atoms with E-state index in [2.05, 4.69) is 17.6 Å². The van der Waals surface area contributed by atoms with E-state index in [1.807, 2.05) is 37.3 Å². The zero-order valence-electron chi connectivity index (χ0n) is 12.9. The van der Waals surface area contributed by atoms with Gasteiger partial charge in [0.2, 0.25) is 5.91 Å². The number of nitrogens with one attached hydrogen (secondary N) is 2. The first-order valence-corrected chi connectivity index (χ1v) is 7.40. The zero-order chi connectivity index (χ0) is 14.6. The molecule has 0 bridgehead atoms. The molecule has 5 heteroatoms. The molecule has 1 rings (SSSR count). The van der Waals surface area contributed by atoms with Gasteiger partial charge in [-0.2, -0.15) is 0 Å². The molecule has 4 nitrogen and oxygen atoms in total. The van der Waals surface area contributed by atoms with Crippen molar-refractivity contribution >= 4 is 18.3 Å². The van der Waals surface area contributed by atoms with Crippen molar-refractivity contribution in [3.05, 3.63) is 30.3 Å². The van der Waals surface area contributed by atoms with Crippen LogP contribution in [0.15, 0.2) is 30.3 Å². The van der Waals surface area contributed by atoms with Crippen molar-refractivity contribution in [3.8, 4) is 5.75 Å². The molecule has 0 aliphatic carbocycles. The fourth-order valence-corrected chi connectivity index (χ4v) is 1.75. The summed E-state index contributed by atoms with van der Waals surface area (Å²) in [6.07, 6.45) is 1.84. The Morgan fingerprint density at radius 2 is 1.90 bits per heavy atom. The number of hydrogen-bond acceptors (Lipinski definition) is 3. The van der Waals surface area contributed by atoms with Crippen molar-refractivity contribution < 1.29 is 9.53 Å². The van der Waals surface area contributed by atoms with Gasteiger partial charge >= 0.3 is 0 Å². The second-order valence-corrected chi connectivity index (χ2v) is 4.89. The minimum atomic E-state index is -0.0233. The average molecular weight is 315 g/mol. The average Bonchev–Trinajstić information content (AvgIpc) is 2.47. The number of ether oxygens (including phenoxy) is 1. The van der Waals surface area contributed by atoms with Gasteiger partial charge in [0.25, 0.3) is 0 Å². The van der Waals surface area contributed by atoms with E-state index in [-0.39, 0.29) is 24.2 Å². The van der Waals surface area contributed by atoms with Crippen LogP contribution in [0.4, 0.5) is 0 Å². The summed E-state index contributed by atoms with van der Waals surface area (Å²) in [6, 6.07) is 9.67. The van der Waals surface area contributed by atoms with E-state index in [1.165, 1.54) is 0 Å². The van der Waals surface area contributed by atoms with E-state index in [9.17, 15) is 4.79 Å². The molecule has 0 aromatic heterocycles. The Balaban J connectivity index is 0.00000400. The number of amides is 1. The van der Waals surface area contributed by atoms with E-state index in [0.29, 0.717) is 13.2 Å². The van der Waals surface area contributed by atoms with Crippen LogP contribution in [-0.2, 0) is 4.79 Å². The Hall–Kier alpha value is -1.26. The molecule has 2 N–H and O–H groups in total. The highest BCUT2D eigenvalue weighted by molar-refractivity contribution is 5.85. The second-order valence-electron chi connectivity index (χ2n) is 4.89. The number of rotatable bonds is 10. The fraction of sp³-hybridized carbons (Fsp3) is 0.562. The highest BCUT2D eigenvalue weighted by Gasteiger charge is 2.11. The maximum atomic E-state index is 11.8. The highest BCUT2D eigenvalue weighted by atomic mass is 35.5. The molecule has 21 heavy (non-hydrogen) atoms. The van der Waals surface area contributed by atoms with E-state index < -0.39 is 0 Å². The predicted molar refractivity (Wildman–Crippen MR) is 89.1 cm³/mol. The van der Waals surface area contributed by atoms with Crippen LogP contribution in [0, 0.1) is 5.92 Å². The molecule has 120 valence electrons. The minimum absolute atomic E-state index is 0. The molecule has 1 amide bonds. The van der Waals surface area contributed by atoms with Gasteiger partial charge in [0.15, 0.2) is 0 Å². The van der Waals surface area contributed by atoms with Gasteiger partial charge in [-0.25, -0.2) is 0 Å². The third kappa shape index (κ3) is 9.32. The van der Waals surface area contributed by atoms with Crippen LogP contribution in [0.1, 0.15) is 26.7 Å². The predicted octanol–water partition coefficient (Wildman–Crippen LogP) is 2.63. The lowest BCUT2D eigenvalue weighted by atomic mass is 10.1. The summed E-state index contributed by atoms with van der Waals surface area (Å²) in [5.41, 5.74) is 0. The summed E-state index contributed by atoms with van der Waals surface area (Å²) in [6.45, 7) is 7.13. The van der Waals surface area contributed by atoms with Crippen molar-refractivity contribution in [1.29, 1.82) is 0 Å². The van der Waals surface area contributed by atoms with Crippen LogP contribution in [0.2, 0.25) is 0 Å². The first kappa shape index (κ1) is 19.7. The highest BCUT2D eigenvalue weighted by Crippen LogP contribution is 2.10. The summed E-state index contributed by atoms with van der Waals surface area (Å²) in [5, 5.41) is 6.19. The summed E-state index contributed by atoms with van der Waals surface area (Å²) in [7, 11) is 0. The van der Waals surface area contributed by atoms with Crippen LogP contribution in [-0.4, -0.2) is 32.1 Å². The van der Waals surface area contributed by atoms with Gasteiger partial charge < -0.3 is 15.4 Å². The molecule has 0 saturated carbocycles. The van der Waals surface area contributed by atoms with Crippen molar-refractivity contribution in [2.75, 3.05) is 26.2 Å². The Labute approximate surface area is 134 Å². The SMILES string of the molecule is CCCNCCNC(=O)C(C)CCOc1ccccc1.Cl. The summed E-state index contributed by atoms with van der Waals surface area (Å²) >= 11 is 0. The third-order valence-electron chi connectivity index (χ3n) is 3.04. The van der Waals surface area contributed by atoms with Gasteiger partial charge in [-0.1, -0.05) is 32.0 Å². The molecule has 1 aromatic rings. The van der Waals surface area contributed by atoms with Crippen LogP contribution >= 0.6 is 12.4 Å². The van der Waals surface area contributed by atoms with E-state index in [1.54, 1.807) is 0 Å². The Kier molecular flexibility index (Phi) is 11.7. The number of hydrogen-bond donors (Lipinski definition) is 2. The molecule has 0 radical (unpaired) electrons. The number of benzene rings is 1. The van der Waals surface area contributed by atoms with Crippen molar-refractivity contribution in [2.45, 2.75) is 26.7 Å². The topological polar surface area (TPSA) is 50.4 Å². The smallest absolute Gasteiger partial charge is 0.223 e. The first-order chi connectivity index (χ1) is 9.74. The molecule has 0 saturated heterocycles. The fourth-order valence-electron chi connectivity index (χ4n) is 1.75. The molecule has 0 aliphatic rings. The van der Waals surface area contributed by atoms with Crippen LogP contribution in [0.25, 0.3) is 0 Å². The number of para-hydroxylation sites is 1. The zero-order valence-corrected chi connectivity index (χ0v) is 13.7. The Morgan fingerprint density at radius 1 is 1.19 bits per heavy atom. The number of carbonyl (C=O) groups excluding carboxylic acids is 1. The lowest BCUT2D eigenvalue weighted by molar-refractivity contribution is -0.124. The standard InChI is InChI=1S/C16H26N2O2.ClH/c1-3-10-17-11-12-18-16(19)14(2)9-13-20-15-7-5-4-6-8-15;/h4-8,14,17H,3,9-13H2,1-2H3,(H,18,19);1H. The molecular weight excluding hydrogens is 288 g/mol. The van der Waals surface area contributed by atoms with Gasteiger partial charge in [-0.3, -0.25) is 4.79 Å². The maximum Gasteiger partial charge on any atom is 0.223 e. The summed E-state index contributed by atoms with van der Waals surface area (Å²) < 4.78 is 5.59. The van der Waals surface area contributed by atoms with Gasteiger partial charge in [0, 0.05) is 19.0 Å². The lowest BCUT2D eigenvalue weighted by Crippen LogP contribution is -2.35. The van der Waals surface area contributed by atoms with E-state index in [4.69, 9.17) is 4.74 Å². The molecular formula is C16H27ClN2O2. The quantitative estimate of drug-likeness (QED) is 0.653. The van der Waals surface area contributed by atoms with Crippen LogP contribution in [0.3, 0.4) is 0 Å². The first-order valence-electron chi connectivity index (χ1n) is 7.40. The monoisotopic (exact) mass is 314 g/mol. The normalized spacial score (nSPS) is 11.3. The molecule has 0 aliphatic heterocycles. The van der Waals surface area contributed by atoms with Crippen molar-refractivity contribution in [3.63, 3.8) is 0 Å². The third-order valence-corrected chi connectivity index (χ3v) is 3.04. The Bertz CT molecular complexity index is 374. The van der Waals surface area contributed by atoms with Crippen molar-refractivity contribution in [1.82, 2.24) is 10.6 Å². The maximum absolute atomic E-state index is 11.8. The molecule has 0 spiro atoms. The minimum Gasteiger partial charge on any atom is -0.494 e. The Morgan fingerprint density at radius 3 is 2.57 bits per heavy atom. The van der Waals surface area contributed by atoms with Crippen LogP contribution < -0.4 is 15.4 Å². The lowest BCUT2D eigenvalue weighted by Gasteiger charge is -2.13. The second kappa shape index (κ2) is 12.5. The van der Waals surface area contributed by atoms with E-state index in [0.717, 1.165) is 31.7 Å². The summed E-state index contributed by atoms with van der Waals surface area (Å²) in [5.74, 6) is 0.925. The molecule has 0 heterocycles. The van der Waals surface area contributed by atoms with Crippen molar-refractivity contribution in [2.24, 2.45) is 5.92 Å². The largest absolute Gasteiger partial charge is 0.494 e. The van der Waals surface area contributed by atoms with Gasteiger partial charge in [0.05, 0.1) is 6.61 Å². The van der Waals surface area contributed by atoms with Gasteiger partial charge in [-0.15, -0.1) is 12.4 Å². The molecule has 0 fully saturated rings.